The van der Waals surface area contributed by atoms with Crippen molar-refractivity contribution in [2.75, 3.05) is 5.32 Å². The number of hydrogen-bond acceptors (Lipinski definition) is 2. The summed E-state index contributed by atoms with van der Waals surface area (Å²) in [5, 5.41) is 3.62. The Kier molecular flexibility index (Phi) is 4.90. The molecule has 4 rings (SSSR count). The van der Waals surface area contributed by atoms with Crippen LogP contribution in [0.2, 0.25) is 5.02 Å². The zero-order chi connectivity index (χ0) is 20.1. The molecule has 0 bridgehead atoms. The molecule has 1 saturated carbocycles. The minimum Gasteiger partial charge on any atom is -0.310 e. The zero-order valence-corrected chi connectivity index (χ0v) is 17.6. The number of anilines is 1. The summed E-state index contributed by atoms with van der Waals surface area (Å²) in [7, 11) is 0. The van der Waals surface area contributed by atoms with Crippen LogP contribution in [0.1, 0.15) is 13.8 Å². The molecule has 0 radical (unpaired) electrons. The molecule has 28 heavy (non-hydrogen) atoms. The van der Waals surface area contributed by atoms with Crippen molar-refractivity contribution in [1.82, 2.24) is 9.38 Å². The molecule has 2 heterocycles. The zero-order valence-electron chi connectivity index (χ0n) is 15.3. The topological polar surface area (TPSA) is 46.4 Å². The molecule has 1 N–H and O–H groups in total. The van der Waals surface area contributed by atoms with E-state index in [0.717, 1.165) is 5.56 Å². The van der Waals surface area contributed by atoms with Gasteiger partial charge in [0, 0.05) is 11.8 Å². The SMILES string of the molecule is CC1(C)[C@H](C=C(Cl)Cl)[C@@H]1C(=O)Nc1c(-c2ccccc2)nc2ccc(Cl)cn12. The van der Waals surface area contributed by atoms with Crippen LogP contribution in [0.15, 0.2) is 59.2 Å². The Bertz CT molecular complexity index is 1080. The summed E-state index contributed by atoms with van der Waals surface area (Å²) in [6, 6.07) is 13.3. The first kappa shape index (κ1) is 19.3. The molecule has 1 aliphatic rings. The fraction of sp³-hybridized carbons (Fsp3) is 0.238. The van der Waals surface area contributed by atoms with Crippen LogP contribution in [-0.2, 0) is 4.79 Å². The van der Waals surface area contributed by atoms with Gasteiger partial charge in [0.25, 0.3) is 0 Å². The van der Waals surface area contributed by atoms with E-state index in [0.29, 0.717) is 22.2 Å². The molecular weight excluding hydrogens is 417 g/mol. The van der Waals surface area contributed by atoms with Crippen LogP contribution in [0.4, 0.5) is 5.82 Å². The number of pyridine rings is 1. The largest absolute Gasteiger partial charge is 0.310 e. The minimum atomic E-state index is -0.228. The number of benzene rings is 1. The highest BCUT2D eigenvalue weighted by Crippen LogP contribution is 2.60. The fourth-order valence-corrected chi connectivity index (χ4v) is 4.19. The van der Waals surface area contributed by atoms with Crippen LogP contribution >= 0.6 is 34.8 Å². The maximum absolute atomic E-state index is 13.1. The van der Waals surface area contributed by atoms with Gasteiger partial charge in [-0.2, -0.15) is 0 Å². The van der Waals surface area contributed by atoms with Crippen LogP contribution < -0.4 is 5.32 Å². The van der Waals surface area contributed by atoms with Crippen molar-refractivity contribution in [2.24, 2.45) is 17.3 Å². The molecule has 0 spiro atoms. The lowest BCUT2D eigenvalue weighted by atomic mass is 10.1. The number of hydrogen-bond donors (Lipinski definition) is 1. The minimum absolute atomic E-state index is 0.0135. The van der Waals surface area contributed by atoms with Crippen LogP contribution in [0.25, 0.3) is 16.9 Å². The van der Waals surface area contributed by atoms with Crippen molar-refractivity contribution >= 4 is 52.2 Å². The highest BCUT2D eigenvalue weighted by Gasteiger charge is 2.60. The summed E-state index contributed by atoms with van der Waals surface area (Å²) >= 11 is 17.8. The van der Waals surface area contributed by atoms with Crippen molar-refractivity contribution in [3.63, 3.8) is 0 Å². The maximum atomic E-state index is 13.1. The van der Waals surface area contributed by atoms with Crippen LogP contribution in [0.5, 0.6) is 0 Å². The summed E-state index contributed by atoms with van der Waals surface area (Å²) in [5.41, 5.74) is 2.09. The molecule has 4 nitrogen and oxygen atoms in total. The number of imidazole rings is 1. The van der Waals surface area contributed by atoms with E-state index in [1.807, 2.05) is 50.2 Å². The Hall–Kier alpha value is -2.01. The third-order valence-corrected chi connectivity index (χ3v) is 5.85. The normalized spacial score (nSPS) is 20.0. The van der Waals surface area contributed by atoms with Crippen molar-refractivity contribution in [2.45, 2.75) is 13.8 Å². The van der Waals surface area contributed by atoms with Gasteiger partial charge in [-0.15, -0.1) is 0 Å². The second-order valence-corrected chi connectivity index (χ2v) is 8.97. The molecular formula is C21H18Cl3N3O. The Morgan fingerprint density at radius 3 is 2.57 bits per heavy atom. The van der Waals surface area contributed by atoms with Gasteiger partial charge in [-0.1, -0.05) is 79.0 Å². The third kappa shape index (κ3) is 3.41. The standard InChI is InChI=1S/C21H18Cl3N3O/c1-21(2)14(10-15(23)24)17(21)20(28)26-19-18(12-6-4-3-5-7-12)25-16-9-8-13(22)11-27(16)19/h3-11,14,17H,1-2H3,(H,26,28)/t14-,17-/m1/s1. The summed E-state index contributed by atoms with van der Waals surface area (Å²) < 4.78 is 1.98. The number of allylic oxidation sites excluding steroid dienone is 1. The number of amides is 1. The van der Waals surface area contributed by atoms with E-state index in [1.165, 1.54) is 0 Å². The average Bonchev–Trinajstić information content (AvgIpc) is 3.01. The Morgan fingerprint density at radius 2 is 1.89 bits per heavy atom. The predicted octanol–water partition coefficient (Wildman–Crippen LogP) is 6.18. The molecule has 1 aliphatic carbocycles. The Labute approximate surface area is 178 Å². The molecule has 0 saturated heterocycles. The van der Waals surface area contributed by atoms with E-state index in [-0.39, 0.29) is 27.6 Å². The number of nitrogens with zero attached hydrogens (tertiary/aromatic N) is 2. The molecule has 1 aromatic carbocycles. The summed E-state index contributed by atoms with van der Waals surface area (Å²) in [6.07, 6.45) is 3.48. The number of carbonyl (C=O) groups excluding carboxylic acids is 1. The lowest BCUT2D eigenvalue weighted by Gasteiger charge is -2.09. The molecule has 1 amide bonds. The van der Waals surface area contributed by atoms with Gasteiger partial charge < -0.3 is 5.32 Å². The monoisotopic (exact) mass is 433 g/mol. The smallest absolute Gasteiger partial charge is 0.229 e. The summed E-state index contributed by atoms with van der Waals surface area (Å²) in [4.78, 5) is 17.8. The van der Waals surface area contributed by atoms with Gasteiger partial charge >= 0.3 is 0 Å². The van der Waals surface area contributed by atoms with E-state index < -0.39 is 0 Å². The Balaban J connectivity index is 1.75. The van der Waals surface area contributed by atoms with E-state index in [2.05, 4.69) is 5.32 Å². The van der Waals surface area contributed by atoms with E-state index in [4.69, 9.17) is 39.8 Å². The average molecular weight is 435 g/mol. The van der Waals surface area contributed by atoms with Crippen LogP contribution in [-0.4, -0.2) is 15.3 Å². The van der Waals surface area contributed by atoms with E-state index >= 15 is 0 Å². The highest BCUT2D eigenvalue weighted by molar-refractivity contribution is 6.55. The molecule has 2 atom stereocenters. The van der Waals surface area contributed by atoms with Gasteiger partial charge in [0.15, 0.2) is 0 Å². The van der Waals surface area contributed by atoms with Gasteiger partial charge in [-0.25, -0.2) is 4.98 Å². The first-order chi connectivity index (χ1) is 13.3. The van der Waals surface area contributed by atoms with Gasteiger partial charge in [0.05, 0.1) is 10.9 Å². The first-order valence-corrected chi connectivity index (χ1v) is 9.99. The molecule has 2 aromatic heterocycles. The Morgan fingerprint density at radius 1 is 1.18 bits per heavy atom. The lowest BCUT2D eigenvalue weighted by Crippen LogP contribution is -2.18. The number of fused-ring (bicyclic) bond motifs is 1. The predicted molar refractivity (Wildman–Crippen MR) is 115 cm³/mol. The summed E-state index contributed by atoms with van der Waals surface area (Å²) in [5.74, 6) is 0.254. The molecule has 144 valence electrons. The molecule has 3 aromatic rings. The molecule has 0 aliphatic heterocycles. The fourth-order valence-electron chi connectivity index (χ4n) is 3.76. The molecule has 7 heteroatoms. The second kappa shape index (κ2) is 7.11. The quantitative estimate of drug-likeness (QED) is 0.532. The molecule has 1 fully saturated rings. The highest BCUT2D eigenvalue weighted by atomic mass is 35.5. The van der Waals surface area contributed by atoms with Crippen LogP contribution in [0.3, 0.4) is 0 Å². The summed E-state index contributed by atoms with van der Waals surface area (Å²) in [6.45, 7) is 4.05. The van der Waals surface area contributed by atoms with Crippen molar-refractivity contribution < 1.29 is 4.79 Å². The first-order valence-electron chi connectivity index (χ1n) is 8.86. The van der Waals surface area contributed by atoms with Gasteiger partial charge in [0.1, 0.15) is 21.7 Å². The second-order valence-electron chi connectivity index (χ2n) is 7.52. The maximum Gasteiger partial charge on any atom is 0.229 e. The van der Waals surface area contributed by atoms with Crippen LogP contribution in [0, 0.1) is 17.3 Å². The van der Waals surface area contributed by atoms with Crippen molar-refractivity contribution in [3.8, 4) is 11.3 Å². The molecule has 0 unspecified atom stereocenters. The number of carbonyl (C=O) groups is 1. The van der Waals surface area contributed by atoms with E-state index in [1.54, 1.807) is 22.7 Å². The third-order valence-electron chi connectivity index (χ3n) is 5.37. The lowest BCUT2D eigenvalue weighted by molar-refractivity contribution is -0.118. The van der Waals surface area contributed by atoms with E-state index in [9.17, 15) is 4.79 Å². The number of halogens is 3. The number of nitrogens with one attached hydrogen (secondary N) is 1. The number of aromatic nitrogens is 2. The number of rotatable bonds is 4. The van der Waals surface area contributed by atoms with Gasteiger partial charge in [-0.3, -0.25) is 9.20 Å². The van der Waals surface area contributed by atoms with Gasteiger partial charge in [0.2, 0.25) is 5.91 Å². The van der Waals surface area contributed by atoms with Gasteiger partial charge in [-0.05, 0) is 29.5 Å². The van der Waals surface area contributed by atoms with Crippen molar-refractivity contribution in [3.05, 3.63) is 64.3 Å². The van der Waals surface area contributed by atoms with Crippen molar-refractivity contribution in [1.29, 1.82) is 0 Å².